The minimum Gasteiger partial charge on any atom is -0.390 e. The summed E-state index contributed by atoms with van der Waals surface area (Å²) in [5.41, 5.74) is 4.47. The van der Waals surface area contributed by atoms with Crippen molar-refractivity contribution < 1.29 is 5.11 Å². The van der Waals surface area contributed by atoms with Crippen LogP contribution in [0.3, 0.4) is 0 Å². The molecule has 0 aromatic heterocycles. The number of rotatable bonds is 9. The van der Waals surface area contributed by atoms with Gasteiger partial charge in [0, 0.05) is 22.3 Å². The van der Waals surface area contributed by atoms with E-state index in [4.69, 9.17) is 23.2 Å². The number of nitrogens with one attached hydrogen (secondary N) is 1. The molecule has 0 saturated carbocycles. The third kappa shape index (κ3) is 6.24. The molecule has 0 radical (unpaired) electrons. The highest BCUT2D eigenvalue weighted by Crippen LogP contribution is 2.37. The molecule has 3 aromatic carbocycles. The van der Waals surface area contributed by atoms with Gasteiger partial charge in [-0.15, -0.1) is 11.8 Å². The van der Waals surface area contributed by atoms with Crippen LogP contribution in [0.15, 0.2) is 72.8 Å². The van der Waals surface area contributed by atoms with E-state index >= 15 is 0 Å². The van der Waals surface area contributed by atoms with E-state index in [0.717, 1.165) is 17.7 Å². The van der Waals surface area contributed by atoms with E-state index < -0.39 is 6.10 Å². The summed E-state index contributed by atoms with van der Waals surface area (Å²) in [6.45, 7) is 3.41. The van der Waals surface area contributed by atoms with Crippen molar-refractivity contribution in [3.63, 3.8) is 0 Å². The fraction of sp³-hybridized carbons (Fsp3) is 0.250. The Morgan fingerprint density at radius 1 is 0.931 bits per heavy atom. The van der Waals surface area contributed by atoms with E-state index in [-0.39, 0.29) is 5.25 Å². The standard InChI is InChI=1S/C24H25Cl2NOS/c1-2-27-15-23(28)24(29-16-20-12-13-21(25)14-22(20)26)19-10-8-18(9-11-19)17-6-4-3-5-7-17/h3-14,23-24,27-28H,2,15-16H2,1H3. The third-order valence-electron chi connectivity index (χ3n) is 4.73. The summed E-state index contributed by atoms with van der Waals surface area (Å²) < 4.78 is 0. The third-order valence-corrected chi connectivity index (χ3v) is 6.74. The largest absolute Gasteiger partial charge is 0.390 e. The SMILES string of the molecule is CCNCC(O)C(SCc1ccc(Cl)cc1Cl)c1ccc(-c2ccccc2)cc1. The minimum atomic E-state index is -0.506. The van der Waals surface area contributed by atoms with E-state index in [1.165, 1.54) is 11.1 Å². The molecule has 2 N–H and O–H groups in total. The quantitative estimate of drug-likeness (QED) is 0.388. The van der Waals surface area contributed by atoms with Crippen molar-refractivity contribution >= 4 is 35.0 Å². The Hall–Kier alpha value is -1.49. The highest BCUT2D eigenvalue weighted by molar-refractivity contribution is 7.98. The maximum atomic E-state index is 10.8. The fourth-order valence-corrected chi connectivity index (χ4v) is 4.98. The molecule has 2 nitrogen and oxygen atoms in total. The van der Waals surface area contributed by atoms with Crippen molar-refractivity contribution in [2.24, 2.45) is 0 Å². The zero-order chi connectivity index (χ0) is 20.6. The Bertz CT molecular complexity index is 903. The smallest absolute Gasteiger partial charge is 0.0823 e. The molecule has 0 spiro atoms. The first kappa shape index (κ1) is 22.2. The van der Waals surface area contributed by atoms with Crippen LogP contribution in [0.5, 0.6) is 0 Å². The first-order valence-corrected chi connectivity index (χ1v) is 11.5. The second-order valence-corrected chi connectivity index (χ2v) is 8.80. The molecule has 29 heavy (non-hydrogen) atoms. The van der Waals surface area contributed by atoms with Crippen molar-refractivity contribution in [1.29, 1.82) is 0 Å². The van der Waals surface area contributed by atoms with E-state index in [1.54, 1.807) is 17.8 Å². The van der Waals surface area contributed by atoms with Gasteiger partial charge in [0.05, 0.1) is 11.4 Å². The van der Waals surface area contributed by atoms with Crippen LogP contribution in [0, 0.1) is 0 Å². The number of aliphatic hydroxyl groups is 1. The molecular weight excluding hydrogens is 421 g/mol. The van der Waals surface area contributed by atoms with Gasteiger partial charge in [-0.1, -0.05) is 90.8 Å². The Balaban J connectivity index is 1.79. The lowest BCUT2D eigenvalue weighted by molar-refractivity contribution is 0.169. The highest BCUT2D eigenvalue weighted by Gasteiger charge is 2.22. The molecule has 0 aliphatic carbocycles. The molecule has 0 fully saturated rings. The van der Waals surface area contributed by atoms with Gasteiger partial charge in [-0.2, -0.15) is 0 Å². The number of likely N-dealkylation sites (N-methyl/N-ethyl adjacent to an activating group) is 1. The molecule has 0 aliphatic heterocycles. The Labute approximate surface area is 187 Å². The van der Waals surface area contributed by atoms with Gasteiger partial charge in [-0.3, -0.25) is 0 Å². The number of benzene rings is 3. The second-order valence-electron chi connectivity index (χ2n) is 6.83. The van der Waals surface area contributed by atoms with Crippen LogP contribution in [0.4, 0.5) is 0 Å². The van der Waals surface area contributed by atoms with Gasteiger partial charge in [0.15, 0.2) is 0 Å². The van der Waals surface area contributed by atoms with Gasteiger partial charge in [0.1, 0.15) is 0 Å². The summed E-state index contributed by atoms with van der Waals surface area (Å²) in [5.74, 6) is 0.699. The number of aliphatic hydroxyl groups excluding tert-OH is 1. The van der Waals surface area contributed by atoms with Crippen molar-refractivity contribution in [1.82, 2.24) is 5.32 Å². The Morgan fingerprint density at radius 3 is 2.28 bits per heavy atom. The lowest BCUT2D eigenvalue weighted by atomic mass is 10.0. The first-order chi connectivity index (χ1) is 14.1. The molecule has 0 aliphatic rings. The number of halogens is 2. The van der Waals surface area contributed by atoms with Crippen LogP contribution in [0.1, 0.15) is 23.3 Å². The second kappa shape index (κ2) is 11.1. The van der Waals surface area contributed by atoms with Crippen molar-refractivity contribution in [2.75, 3.05) is 13.1 Å². The molecule has 152 valence electrons. The van der Waals surface area contributed by atoms with E-state index in [1.807, 2.05) is 37.3 Å². The predicted octanol–water partition coefficient (Wildman–Crippen LogP) is 6.61. The molecule has 5 heteroatoms. The van der Waals surface area contributed by atoms with Crippen molar-refractivity contribution in [3.05, 3.63) is 94.0 Å². The normalized spacial score (nSPS) is 13.2. The summed E-state index contributed by atoms with van der Waals surface area (Å²) in [5, 5.41) is 15.3. The fourth-order valence-electron chi connectivity index (χ4n) is 3.14. The molecule has 0 heterocycles. The number of hydrogen-bond acceptors (Lipinski definition) is 3. The topological polar surface area (TPSA) is 32.3 Å². The lowest BCUT2D eigenvalue weighted by Gasteiger charge is -2.24. The molecule has 2 unspecified atom stereocenters. The van der Waals surface area contributed by atoms with Gasteiger partial charge >= 0.3 is 0 Å². The van der Waals surface area contributed by atoms with Crippen molar-refractivity contribution in [2.45, 2.75) is 24.0 Å². The van der Waals surface area contributed by atoms with Crippen LogP contribution in [0.25, 0.3) is 11.1 Å². The monoisotopic (exact) mass is 445 g/mol. The summed E-state index contributed by atoms with van der Waals surface area (Å²) in [6, 6.07) is 24.3. The number of thioether (sulfide) groups is 1. The summed E-state index contributed by atoms with van der Waals surface area (Å²) in [4.78, 5) is 0. The maximum absolute atomic E-state index is 10.8. The molecule has 3 aromatic rings. The molecule has 0 bridgehead atoms. The van der Waals surface area contributed by atoms with E-state index in [9.17, 15) is 5.11 Å². The summed E-state index contributed by atoms with van der Waals surface area (Å²) >= 11 is 14.0. The minimum absolute atomic E-state index is 0.0642. The Kier molecular flexibility index (Phi) is 8.46. The average molecular weight is 446 g/mol. The van der Waals surface area contributed by atoms with E-state index in [2.05, 4.69) is 41.7 Å². The Morgan fingerprint density at radius 2 is 1.62 bits per heavy atom. The molecule has 3 rings (SSSR count). The van der Waals surface area contributed by atoms with Crippen LogP contribution < -0.4 is 5.32 Å². The maximum Gasteiger partial charge on any atom is 0.0823 e. The molecule has 0 saturated heterocycles. The van der Waals surface area contributed by atoms with Crippen LogP contribution >= 0.6 is 35.0 Å². The lowest BCUT2D eigenvalue weighted by Crippen LogP contribution is -2.30. The summed E-state index contributed by atoms with van der Waals surface area (Å²) in [6.07, 6.45) is -0.506. The first-order valence-electron chi connectivity index (χ1n) is 9.68. The van der Waals surface area contributed by atoms with E-state index in [0.29, 0.717) is 22.3 Å². The molecule has 2 atom stereocenters. The molecule has 0 amide bonds. The van der Waals surface area contributed by atoms with Gasteiger partial charge in [-0.05, 0) is 40.9 Å². The van der Waals surface area contributed by atoms with Gasteiger partial charge < -0.3 is 10.4 Å². The predicted molar refractivity (Wildman–Crippen MR) is 127 cm³/mol. The zero-order valence-electron chi connectivity index (χ0n) is 16.3. The van der Waals surface area contributed by atoms with Crippen molar-refractivity contribution in [3.8, 4) is 11.1 Å². The van der Waals surface area contributed by atoms with Gasteiger partial charge in [0.25, 0.3) is 0 Å². The van der Waals surface area contributed by atoms with Crippen LogP contribution in [0.2, 0.25) is 10.0 Å². The highest BCUT2D eigenvalue weighted by atomic mass is 35.5. The summed E-state index contributed by atoms with van der Waals surface area (Å²) in [7, 11) is 0. The van der Waals surface area contributed by atoms with Gasteiger partial charge in [0.2, 0.25) is 0 Å². The average Bonchev–Trinajstić information content (AvgIpc) is 2.75. The van der Waals surface area contributed by atoms with Crippen LogP contribution in [-0.2, 0) is 5.75 Å². The van der Waals surface area contributed by atoms with Gasteiger partial charge in [-0.25, -0.2) is 0 Å². The van der Waals surface area contributed by atoms with Crippen LogP contribution in [-0.4, -0.2) is 24.3 Å². The zero-order valence-corrected chi connectivity index (χ0v) is 18.6. The molecular formula is C24H25Cl2NOS. The number of hydrogen-bond donors (Lipinski definition) is 2.